The first-order valence-corrected chi connectivity index (χ1v) is 9.87. The van der Waals surface area contributed by atoms with Crippen molar-refractivity contribution >= 4 is 23.0 Å². The number of quaternary nitrogens is 2. The number of anilines is 1. The molecule has 0 spiro atoms. The van der Waals surface area contributed by atoms with E-state index < -0.39 is 0 Å². The van der Waals surface area contributed by atoms with E-state index in [0.29, 0.717) is 0 Å². The van der Waals surface area contributed by atoms with Crippen LogP contribution in [0.15, 0.2) is 24.3 Å². The van der Waals surface area contributed by atoms with Crippen molar-refractivity contribution in [2.24, 2.45) is 0 Å². The molecule has 1 saturated heterocycles. The fourth-order valence-corrected chi connectivity index (χ4v) is 3.35. The highest BCUT2D eigenvalue weighted by Crippen LogP contribution is 2.11. The number of piperazine rings is 1. The Hall–Kier alpha value is -1.17. The van der Waals surface area contributed by atoms with Gasteiger partial charge in [-0.25, -0.2) is 0 Å². The van der Waals surface area contributed by atoms with Crippen molar-refractivity contribution in [1.82, 2.24) is 5.32 Å². The van der Waals surface area contributed by atoms with Gasteiger partial charge in [0.2, 0.25) is 0 Å². The van der Waals surface area contributed by atoms with E-state index in [0.717, 1.165) is 23.8 Å². The van der Waals surface area contributed by atoms with Gasteiger partial charge in [0, 0.05) is 18.7 Å². The Morgan fingerprint density at radius 2 is 1.79 bits per heavy atom. The second-order valence-corrected chi connectivity index (χ2v) is 7.40. The zero-order valence-electron chi connectivity index (χ0n) is 15.3. The molecule has 0 aliphatic carbocycles. The zero-order chi connectivity index (χ0) is 17.2. The summed E-state index contributed by atoms with van der Waals surface area (Å²) in [5.74, 6) is 0. The highest BCUT2D eigenvalue weighted by molar-refractivity contribution is 7.80. The van der Waals surface area contributed by atoms with Crippen molar-refractivity contribution in [3.8, 4) is 0 Å². The molecule has 5 heteroatoms. The number of unbranched alkanes of at least 4 members (excludes halogenated alkanes) is 1. The monoisotopic (exact) mass is 350 g/mol. The van der Waals surface area contributed by atoms with Crippen LogP contribution in [0.3, 0.4) is 0 Å². The Morgan fingerprint density at radius 1 is 1.08 bits per heavy atom. The quantitative estimate of drug-likeness (QED) is 0.397. The van der Waals surface area contributed by atoms with Gasteiger partial charge < -0.3 is 20.4 Å². The molecule has 0 atom stereocenters. The molecule has 24 heavy (non-hydrogen) atoms. The minimum Gasteiger partial charge on any atom is -0.362 e. The van der Waals surface area contributed by atoms with E-state index in [1.807, 2.05) is 0 Å². The number of rotatable bonds is 8. The summed E-state index contributed by atoms with van der Waals surface area (Å²) in [4.78, 5) is 3.41. The molecule has 0 amide bonds. The van der Waals surface area contributed by atoms with Crippen molar-refractivity contribution in [1.29, 1.82) is 0 Å². The Labute approximate surface area is 152 Å². The maximum absolute atomic E-state index is 5.39. The molecular formula is C19H34N4S+2. The summed E-state index contributed by atoms with van der Waals surface area (Å²) in [6.45, 7) is 9.64. The van der Waals surface area contributed by atoms with E-state index in [2.05, 4.69) is 48.9 Å². The predicted molar refractivity (Wildman–Crippen MR) is 106 cm³/mol. The van der Waals surface area contributed by atoms with E-state index in [-0.39, 0.29) is 0 Å². The molecule has 0 saturated carbocycles. The summed E-state index contributed by atoms with van der Waals surface area (Å²) >= 11 is 5.39. The summed E-state index contributed by atoms with van der Waals surface area (Å²) in [7, 11) is 2.29. The molecule has 1 fully saturated rings. The van der Waals surface area contributed by atoms with Gasteiger partial charge in [-0.15, -0.1) is 0 Å². The van der Waals surface area contributed by atoms with Crippen LogP contribution in [0.5, 0.6) is 0 Å². The fourth-order valence-electron chi connectivity index (χ4n) is 3.13. The molecule has 4 nitrogen and oxygen atoms in total. The third kappa shape index (κ3) is 7.16. The fraction of sp³-hybridized carbons (Fsp3) is 0.632. The first kappa shape index (κ1) is 19.2. The topological polar surface area (TPSA) is 32.9 Å². The molecule has 0 radical (unpaired) electrons. The number of hydrogen-bond acceptors (Lipinski definition) is 1. The first-order chi connectivity index (χ1) is 11.7. The zero-order valence-corrected chi connectivity index (χ0v) is 16.1. The molecule has 134 valence electrons. The Balaban J connectivity index is 1.59. The van der Waals surface area contributed by atoms with Gasteiger partial charge in [0.1, 0.15) is 26.2 Å². The number of likely N-dealkylation sites (N-methyl/N-ethyl adjacent to an activating group) is 1. The number of thiocarbonyl (C=S) groups is 1. The largest absolute Gasteiger partial charge is 0.362 e. The van der Waals surface area contributed by atoms with Crippen molar-refractivity contribution in [2.45, 2.75) is 32.6 Å². The van der Waals surface area contributed by atoms with E-state index in [1.54, 1.807) is 9.80 Å². The minimum absolute atomic E-state index is 0.731. The van der Waals surface area contributed by atoms with Crippen molar-refractivity contribution < 1.29 is 9.80 Å². The van der Waals surface area contributed by atoms with Crippen LogP contribution in [-0.4, -0.2) is 51.4 Å². The van der Waals surface area contributed by atoms with E-state index in [9.17, 15) is 0 Å². The van der Waals surface area contributed by atoms with Crippen molar-refractivity contribution in [3.63, 3.8) is 0 Å². The number of aryl methyl sites for hydroxylation is 1. The molecule has 1 aromatic carbocycles. The Bertz CT molecular complexity index is 481. The Kier molecular flexibility index (Phi) is 8.50. The van der Waals surface area contributed by atoms with Crippen molar-refractivity contribution in [3.05, 3.63) is 29.8 Å². The van der Waals surface area contributed by atoms with E-state index in [1.165, 1.54) is 57.5 Å². The summed E-state index contributed by atoms with van der Waals surface area (Å²) in [6, 6.07) is 8.63. The van der Waals surface area contributed by atoms with Gasteiger partial charge in [-0.3, -0.25) is 0 Å². The normalized spacial score (nSPS) is 20.6. The number of nitrogens with one attached hydrogen (secondary N) is 4. The molecule has 1 aromatic rings. The van der Waals surface area contributed by atoms with Crippen LogP contribution in [0.2, 0.25) is 0 Å². The second kappa shape index (κ2) is 10.6. The molecule has 1 aliphatic heterocycles. The first-order valence-electron chi connectivity index (χ1n) is 9.46. The SMILES string of the molecule is CCCCc1ccc(NC(=S)NCCC[NH+]2CC[NH+](C)CC2)cc1. The molecule has 4 N–H and O–H groups in total. The summed E-state index contributed by atoms with van der Waals surface area (Å²) < 4.78 is 0. The van der Waals surface area contributed by atoms with Crippen LogP contribution in [0.25, 0.3) is 0 Å². The average molecular weight is 351 g/mol. The molecule has 0 aromatic heterocycles. The smallest absolute Gasteiger partial charge is 0.170 e. The maximum atomic E-state index is 5.39. The highest BCUT2D eigenvalue weighted by Gasteiger charge is 2.18. The lowest BCUT2D eigenvalue weighted by Gasteiger charge is -2.27. The van der Waals surface area contributed by atoms with E-state index >= 15 is 0 Å². The van der Waals surface area contributed by atoms with Gasteiger partial charge in [-0.1, -0.05) is 25.5 Å². The number of benzene rings is 1. The summed E-state index contributed by atoms with van der Waals surface area (Å²) in [6.07, 6.45) is 4.83. The second-order valence-electron chi connectivity index (χ2n) is 6.99. The third-order valence-electron chi connectivity index (χ3n) is 4.83. The minimum atomic E-state index is 0.731. The lowest BCUT2D eigenvalue weighted by atomic mass is 10.1. The van der Waals surface area contributed by atoms with Gasteiger partial charge in [0.05, 0.1) is 13.6 Å². The third-order valence-corrected chi connectivity index (χ3v) is 5.08. The predicted octanol–water partition coefficient (Wildman–Crippen LogP) is 0.119. The van der Waals surface area contributed by atoms with Gasteiger partial charge in [0.15, 0.2) is 5.11 Å². The van der Waals surface area contributed by atoms with Crippen LogP contribution in [-0.2, 0) is 6.42 Å². The lowest BCUT2D eigenvalue weighted by Crippen LogP contribution is -3.27. The average Bonchev–Trinajstić information content (AvgIpc) is 2.60. The van der Waals surface area contributed by atoms with Crippen LogP contribution >= 0.6 is 12.2 Å². The van der Waals surface area contributed by atoms with Gasteiger partial charge in [-0.05, 0) is 42.8 Å². The van der Waals surface area contributed by atoms with Crippen LogP contribution in [0.1, 0.15) is 31.7 Å². The lowest BCUT2D eigenvalue weighted by molar-refractivity contribution is -1.00. The maximum Gasteiger partial charge on any atom is 0.170 e. The molecule has 1 aliphatic rings. The van der Waals surface area contributed by atoms with Gasteiger partial charge >= 0.3 is 0 Å². The highest BCUT2D eigenvalue weighted by atomic mass is 32.1. The van der Waals surface area contributed by atoms with E-state index in [4.69, 9.17) is 12.2 Å². The van der Waals surface area contributed by atoms with Crippen LogP contribution in [0.4, 0.5) is 5.69 Å². The van der Waals surface area contributed by atoms with Crippen LogP contribution in [0, 0.1) is 0 Å². The van der Waals surface area contributed by atoms with Crippen LogP contribution < -0.4 is 20.4 Å². The molecular weight excluding hydrogens is 316 g/mol. The molecule has 0 unspecified atom stereocenters. The molecule has 2 rings (SSSR count). The number of hydrogen-bond donors (Lipinski definition) is 4. The van der Waals surface area contributed by atoms with Gasteiger partial charge in [-0.2, -0.15) is 0 Å². The van der Waals surface area contributed by atoms with Crippen molar-refractivity contribution in [2.75, 3.05) is 51.6 Å². The molecule has 1 heterocycles. The molecule has 0 bridgehead atoms. The summed E-state index contributed by atoms with van der Waals surface area (Å²) in [5.41, 5.74) is 2.47. The Morgan fingerprint density at radius 3 is 2.46 bits per heavy atom. The standard InChI is InChI=1S/C19H32N4S/c1-3-4-6-17-7-9-18(10-8-17)21-19(24)20-11-5-12-23-15-13-22(2)14-16-23/h7-10H,3-6,11-16H2,1-2H3,(H2,20,21,24)/p+2. The summed E-state index contributed by atoms with van der Waals surface area (Å²) in [5, 5.41) is 7.34. The van der Waals surface area contributed by atoms with Gasteiger partial charge in [0.25, 0.3) is 0 Å².